The molecular formula is C28H33N3O4S. The van der Waals surface area contributed by atoms with E-state index in [-0.39, 0.29) is 17.3 Å². The lowest BCUT2D eigenvalue weighted by atomic mass is 10.1. The maximum atomic E-state index is 13.8. The van der Waals surface area contributed by atoms with Gasteiger partial charge in [-0.3, -0.25) is 13.9 Å². The highest BCUT2D eigenvalue weighted by atomic mass is 32.2. The van der Waals surface area contributed by atoms with Crippen molar-refractivity contribution in [2.45, 2.75) is 45.2 Å². The number of carbonyl (C=O) groups is 2. The van der Waals surface area contributed by atoms with Gasteiger partial charge in [-0.05, 0) is 63.1 Å². The van der Waals surface area contributed by atoms with Crippen molar-refractivity contribution in [2.75, 3.05) is 17.4 Å². The second-order valence-corrected chi connectivity index (χ2v) is 10.6. The van der Waals surface area contributed by atoms with Gasteiger partial charge in [0.25, 0.3) is 10.0 Å². The Hall–Kier alpha value is -3.65. The van der Waals surface area contributed by atoms with Gasteiger partial charge in [0, 0.05) is 13.1 Å². The van der Waals surface area contributed by atoms with Crippen LogP contribution in [0.4, 0.5) is 5.69 Å². The summed E-state index contributed by atoms with van der Waals surface area (Å²) in [5.41, 5.74) is 3.13. The van der Waals surface area contributed by atoms with Crippen molar-refractivity contribution in [1.82, 2.24) is 10.2 Å². The first kappa shape index (κ1) is 26.9. The molecule has 0 saturated heterocycles. The zero-order chi connectivity index (χ0) is 26.3. The fraction of sp³-hybridized carbons (Fsp3) is 0.286. The van der Waals surface area contributed by atoms with E-state index in [0.717, 1.165) is 21.0 Å². The number of sulfonamides is 1. The van der Waals surface area contributed by atoms with Gasteiger partial charge >= 0.3 is 0 Å². The predicted molar refractivity (Wildman–Crippen MR) is 142 cm³/mol. The van der Waals surface area contributed by atoms with Crippen LogP contribution in [0.1, 0.15) is 30.5 Å². The van der Waals surface area contributed by atoms with Crippen LogP contribution in [-0.4, -0.2) is 44.3 Å². The first-order valence-corrected chi connectivity index (χ1v) is 13.3. The fourth-order valence-corrected chi connectivity index (χ4v) is 5.37. The molecule has 2 amide bonds. The molecule has 1 N–H and O–H groups in total. The molecule has 8 heteroatoms. The number of carbonyl (C=O) groups excluding carboxylic acids is 2. The number of benzene rings is 3. The van der Waals surface area contributed by atoms with Gasteiger partial charge in [-0.1, -0.05) is 60.2 Å². The SMILES string of the molecule is CCNC(=O)[C@H](C)N(Cc1cccc(C)c1)C(=O)CN(c1cccc(C)c1)S(=O)(=O)c1ccccc1. The zero-order valence-electron chi connectivity index (χ0n) is 21.1. The summed E-state index contributed by atoms with van der Waals surface area (Å²) < 4.78 is 28.5. The van der Waals surface area contributed by atoms with Crippen LogP contribution in [0, 0.1) is 13.8 Å². The van der Waals surface area contributed by atoms with E-state index in [2.05, 4.69) is 5.32 Å². The van der Waals surface area contributed by atoms with Crippen molar-refractivity contribution in [3.63, 3.8) is 0 Å². The topological polar surface area (TPSA) is 86.8 Å². The molecule has 0 unspecified atom stereocenters. The lowest BCUT2D eigenvalue weighted by Crippen LogP contribution is -2.51. The summed E-state index contributed by atoms with van der Waals surface area (Å²) in [6.45, 7) is 7.43. The third-order valence-corrected chi connectivity index (χ3v) is 7.64. The minimum Gasteiger partial charge on any atom is -0.355 e. The molecule has 36 heavy (non-hydrogen) atoms. The molecule has 0 aromatic heterocycles. The number of likely N-dealkylation sites (N-methyl/N-ethyl adjacent to an activating group) is 1. The summed E-state index contributed by atoms with van der Waals surface area (Å²) in [6.07, 6.45) is 0. The van der Waals surface area contributed by atoms with E-state index in [0.29, 0.717) is 12.2 Å². The molecule has 0 bridgehead atoms. The first-order chi connectivity index (χ1) is 17.1. The Labute approximate surface area is 213 Å². The van der Waals surface area contributed by atoms with Crippen LogP contribution in [0.25, 0.3) is 0 Å². The molecule has 0 spiro atoms. The monoisotopic (exact) mass is 507 g/mol. The van der Waals surface area contributed by atoms with Crippen LogP contribution < -0.4 is 9.62 Å². The lowest BCUT2D eigenvalue weighted by Gasteiger charge is -2.32. The highest BCUT2D eigenvalue weighted by molar-refractivity contribution is 7.92. The van der Waals surface area contributed by atoms with E-state index in [9.17, 15) is 18.0 Å². The number of hydrogen-bond donors (Lipinski definition) is 1. The minimum atomic E-state index is -4.05. The summed E-state index contributed by atoms with van der Waals surface area (Å²) in [6, 6.07) is 21.9. The molecule has 7 nitrogen and oxygen atoms in total. The zero-order valence-corrected chi connectivity index (χ0v) is 22.0. The van der Waals surface area contributed by atoms with Gasteiger partial charge in [-0.2, -0.15) is 0 Å². The Morgan fingerprint density at radius 2 is 1.53 bits per heavy atom. The molecule has 0 fully saturated rings. The second kappa shape index (κ2) is 11.9. The van der Waals surface area contributed by atoms with E-state index in [1.807, 2.05) is 51.1 Å². The molecule has 3 aromatic carbocycles. The average Bonchev–Trinajstić information content (AvgIpc) is 2.86. The van der Waals surface area contributed by atoms with Crippen LogP contribution in [0.2, 0.25) is 0 Å². The summed E-state index contributed by atoms with van der Waals surface area (Å²) in [5, 5.41) is 2.76. The van der Waals surface area contributed by atoms with Crippen LogP contribution in [-0.2, 0) is 26.2 Å². The third kappa shape index (κ3) is 6.51. The van der Waals surface area contributed by atoms with E-state index in [1.54, 1.807) is 43.3 Å². The van der Waals surface area contributed by atoms with Crippen LogP contribution in [0.5, 0.6) is 0 Å². The smallest absolute Gasteiger partial charge is 0.264 e. The molecule has 0 heterocycles. The lowest BCUT2D eigenvalue weighted by molar-refractivity contribution is -0.139. The Kier molecular flexibility index (Phi) is 8.88. The van der Waals surface area contributed by atoms with Gasteiger partial charge < -0.3 is 10.2 Å². The number of aryl methyl sites for hydroxylation is 2. The van der Waals surface area contributed by atoms with Crippen LogP contribution in [0.3, 0.4) is 0 Å². The maximum absolute atomic E-state index is 13.8. The maximum Gasteiger partial charge on any atom is 0.264 e. The van der Waals surface area contributed by atoms with Gasteiger partial charge in [0.1, 0.15) is 12.6 Å². The standard InChI is InChI=1S/C28H33N3O4S/c1-5-29-28(33)23(4)30(19-24-13-9-11-21(2)17-24)27(32)20-31(25-14-10-12-22(3)18-25)36(34,35)26-15-7-6-8-16-26/h6-18,23H,5,19-20H2,1-4H3,(H,29,33)/t23-/m0/s1. The average molecular weight is 508 g/mol. The van der Waals surface area contributed by atoms with E-state index < -0.39 is 28.5 Å². The predicted octanol–water partition coefficient (Wildman–Crippen LogP) is 4.05. The molecule has 0 radical (unpaired) electrons. The largest absolute Gasteiger partial charge is 0.355 e. The fourth-order valence-electron chi connectivity index (χ4n) is 3.94. The van der Waals surface area contributed by atoms with E-state index >= 15 is 0 Å². The highest BCUT2D eigenvalue weighted by Gasteiger charge is 2.32. The molecule has 190 valence electrons. The van der Waals surface area contributed by atoms with Crippen molar-refractivity contribution in [3.8, 4) is 0 Å². The summed E-state index contributed by atoms with van der Waals surface area (Å²) in [7, 11) is -4.05. The van der Waals surface area contributed by atoms with Crippen LogP contribution in [0.15, 0.2) is 83.8 Å². The number of nitrogens with zero attached hydrogens (tertiary/aromatic N) is 2. The van der Waals surface area contributed by atoms with E-state index in [1.165, 1.54) is 17.0 Å². The van der Waals surface area contributed by atoms with Crippen molar-refractivity contribution < 1.29 is 18.0 Å². The van der Waals surface area contributed by atoms with Crippen LogP contribution >= 0.6 is 0 Å². The van der Waals surface area contributed by atoms with Crippen molar-refractivity contribution in [1.29, 1.82) is 0 Å². The number of amides is 2. The first-order valence-electron chi connectivity index (χ1n) is 11.9. The third-order valence-electron chi connectivity index (χ3n) is 5.85. The normalized spacial score (nSPS) is 12.0. The molecule has 3 aromatic rings. The molecule has 0 saturated carbocycles. The van der Waals surface area contributed by atoms with Crippen molar-refractivity contribution in [3.05, 3.63) is 95.6 Å². The van der Waals surface area contributed by atoms with Gasteiger partial charge in [0.15, 0.2) is 0 Å². The van der Waals surface area contributed by atoms with Crippen molar-refractivity contribution in [2.24, 2.45) is 0 Å². The minimum absolute atomic E-state index is 0.0846. The van der Waals surface area contributed by atoms with Gasteiger partial charge in [0.05, 0.1) is 10.6 Å². The molecule has 1 atom stereocenters. The van der Waals surface area contributed by atoms with Gasteiger partial charge in [-0.25, -0.2) is 8.42 Å². The number of hydrogen-bond acceptors (Lipinski definition) is 4. The van der Waals surface area contributed by atoms with Gasteiger partial charge in [-0.15, -0.1) is 0 Å². The number of rotatable bonds is 10. The Balaban J connectivity index is 2.02. The molecule has 0 aliphatic rings. The Bertz CT molecular complexity index is 1310. The quantitative estimate of drug-likeness (QED) is 0.449. The molecule has 0 aliphatic heterocycles. The summed E-state index contributed by atoms with van der Waals surface area (Å²) >= 11 is 0. The number of nitrogens with one attached hydrogen (secondary N) is 1. The summed E-state index contributed by atoms with van der Waals surface area (Å²) in [5.74, 6) is -0.775. The summed E-state index contributed by atoms with van der Waals surface area (Å²) in [4.78, 5) is 28.0. The van der Waals surface area contributed by atoms with Gasteiger partial charge in [0.2, 0.25) is 11.8 Å². The molecule has 0 aliphatic carbocycles. The second-order valence-electron chi connectivity index (χ2n) is 8.74. The molecular weight excluding hydrogens is 474 g/mol. The molecule has 3 rings (SSSR count). The Morgan fingerprint density at radius 1 is 0.889 bits per heavy atom. The van der Waals surface area contributed by atoms with E-state index in [4.69, 9.17) is 0 Å². The highest BCUT2D eigenvalue weighted by Crippen LogP contribution is 2.25. The van der Waals surface area contributed by atoms with Crippen molar-refractivity contribution >= 4 is 27.5 Å². The number of anilines is 1. The Morgan fingerprint density at radius 3 is 2.14 bits per heavy atom.